The van der Waals surface area contributed by atoms with Crippen molar-refractivity contribution >= 4 is 23.2 Å². The zero-order valence-electron chi connectivity index (χ0n) is 9.88. The monoisotopic (exact) mass is 276 g/mol. The predicted octanol–water partition coefficient (Wildman–Crippen LogP) is 2.79. The molecule has 0 aliphatic carbocycles. The van der Waals surface area contributed by atoms with Crippen LogP contribution in [-0.4, -0.2) is 19.3 Å². The maximum Gasteiger partial charge on any atom is 0.0595 e. The summed E-state index contributed by atoms with van der Waals surface area (Å²) in [6.45, 7) is 3.40. The number of hydrogen-bond acceptors (Lipinski definition) is 3. The summed E-state index contributed by atoms with van der Waals surface area (Å²) in [6.07, 6.45) is 1.67. The second-order valence-corrected chi connectivity index (χ2v) is 4.62. The largest absolute Gasteiger partial charge is 0.382 e. The van der Waals surface area contributed by atoms with Crippen molar-refractivity contribution in [2.45, 2.75) is 25.8 Å². The SMILES string of the molecule is CCOCCC(Cc1ccc(Cl)c(Cl)c1)NN. The van der Waals surface area contributed by atoms with Crippen molar-refractivity contribution in [3.8, 4) is 0 Å². The molecule has 0 radical (unpaired) electrons. The quantitative estimate of drug-likeness (QED) is 0.457. The average Bonchev–Trinajstić information content (AvgIpc) is 2.32. The fourth-order valence-corrected chi connectivity index (χ4v) is 1.89. The summed E-state index contributed by atoms with van der Waals surface area (Å²) in [7, 11) is 0. The second-order valence-electron chi connectivity index (χ2n) is 3.80. The summed E-state index contributed by atoms with van der Waals surface area (Å²) >= 11 is 11.8. The lowest BCUT2D eigenvalue weighted by Gasteiger charge is -2.16. The fraction of sp³-hybridized carbons (Fsp3) is 0.500. The van der Waals surface area contributed by atoms with Gasteiger partial charge in [0.25, 0.3) is 0 Å². The van der Waals surface area contributed by atoms with Crippen molar-refractivity contribution in [1.29, 1.82) is 0 Å². The van der Waals surface area contributed by atoms with E-state index in [4.69, 9.17) is 33.8 Å². The molecule has 0 saturated carbocycles. The molecule has 0 saturated heterocycles. The lowest BCUT2D eigenvalue weighted by molar-refractivity contribution is 0.136. The van der Waals surface area contributed by atoms with E-state index in [-0.39, 0.29) is 6.04 Å². The van der Waals surface area contributed by atoms with E-state index in [1.165, 1.54) is 0 Å². The van der Waals surface area contributed by atoms with E-state index in [0.717, 1.165) is 25.0 Å². The summed E-state index contributed by atoms with van der Waals surface area (Å²) in [6, 6.07) is 5.81. The molecule has 3 nitrogen and oxygen atoms in total. The van der Waals surface area contributed by atoms with E-state index in [2.05, 4.69) is 5.43 Å². The van der Waals surface area contributed by atoms with Gasteiger partial charge in [-0.15, -0.1) is 0 Å². The molecule has 1 aromatic rings. The Hall–Kier alpha value is -0.320. The number of halogens is 2. The minimum Gasteiger partial charge on any atom is -0.382 e. The van der Waals surface area contributed by atoms with Gasteiger partial charge in [-0.3, -0.25) is 11.3 Å². The Kier molecular flexibility index (Phi) is 6.85. The van der Waals surface area contributed by atoms with Crippen LogP contribution in [0.2, 0.25) is 10.0 Å². The van der Waals surface area contributed by atoms with E-state index in [9.17, 15) is 0 Å². The van der Waals surface area contributed by atoms with Crippen molar-refractivity contribution in [3.05, 3.63) is 33.8 Å². The molecule has 0 amide bonds. The molecule has 1 unspecified atom stereocenters. The topological polar surface area (TPSA) is 47.3 Å². The molecule has 0 aliphatic rings. The van der Waals surface area contributed by atoms with E-state index in [1.54, 1.807) is 6.07 Å². The molecule has 0 aliphatic heterocycles. The number of hydrazine groups is 1. The standard InChI is InChI=1S/C12H18Cl2N2O/c1-2-17-6-5-10(16-15)7-9-3-4-11(13)12(14)8-9/h3-4,8,10,16H,2,5-7,15H2,1H3. The van der Waals surface area contributed by atoms with Gasteiger partial charge in [0.1, 0.15) is 0 Å². The van der Waals surface area contributed by atoms with Crippen LogP contribution in [-0.2, 0) is 11.2 Å². The molecule has 0 spiro atoms. The van der Waals surface area contributed by atoms with Crippen LogP contribution < -0.4 is 11.3 Å². The summed E-state index contributed by atoms with van der Waals surface area (Å²) in [5.41, 5.74) is 3.90. The molecule has 3 N–H and O–H groups in total. The summed E-state index contributed by atoms with van der Waals surface area (Å²) in [4.78, 5) is 0. The number of nitrogens with one attached hydrogen (secondary N) is 1. The Morgan fingerprint density at radius 1 is 1.35 bits per heavy atom. The zero-order chi connectivity index (χ0) is 12.7. The smallest absolute Gasteiger partial charge is 0.0595 e. The highest BCUT2D eigenvalue weighted by atomic mass is 35.5. The number of ether oxygens (including phenoxy) is 1. The van der Waals surface area contributed by atoms with Gasteiger partial charge < -0.3 is 4.74 Å². The molecule has 5 heteroatoms. The molecular formula is C12H18Cl2N2O. The third kappa shape index (κ3) is 5.23. The third-order valence-electron chi connectivity index (χ3n) is 2.52. The first kappa shape index (κ1) is 14.7. The van der Waals surface area contributed by atoms with E-state index < -0.39 is 0 Å². The average molecular weight is 277 g/mol. The van der Waals surface area contributed by atoms with Crippen molar-refractivity contribution < 1.29 is 4.74 Å². The first-order valence-electron chi connectivity index (χ1n) is 5.65. The molecule has 1 aromatic carbocycles. The minimum atomic E-state index is 0.179. The maximum absolute atomic E-state index is 5.96. The zero-order valence-corrected chi connectivity index (χ0v) is 11.4. The van der Waals surface area contributed by atoms with Gasteiger partial charge in [-0.2, -0.15) is 0 Å². The first-order chi connectivity index (χ1) is 8.17. The van der Waals surface area contributed by atoms with Crippen molar-refractivity contribution in [1.82, 2.24) is 5.43 Å². The Bertz CT molecular complexity index is 347. The van der Waals surface area contributed by atoms with Gasteiger partial charge in [0.15, 0.2) is 0 Å². The lowest BCUT2D eigenvalue weighted by Crippen LogP contribution is -2.37. The Morgan fingerprint density at radius 2 is 2.12 bits per heavy atom. The van der Waals surface area contributed by atoms with Gasteiger partial charge in [0, 0.05) is 19.3 Å². The molecule has 0 bridgehead atoms. The van der Waals surface area contributed by atoms with Crippen molar-refractivity contribution in [3.63, 3.8) is 0 Å². The Morgan fingerprint density at radius 3 is 2.71 bits per heavy atom. The molecule has 0 aromatic heterocycles. The third-order valence-corrected chi connectivity index (χ3v) is 3.26. The van der Waals surface area contributed by atoms with Crippen LogP contribution in [0, 0.1) is 0 Å². The van der Waals surface area contributed by atoms with Gasteiger partial charge in [-0.05, 0) is 37.5 Å². The molecule has 0 fully saturated rings. The van der Waals surface area contributed by atoms with Crippen LogP contribution >= 0.6 is 23.2 Å². The number of rotatable bonds is 7. The van der Waals surface area contributed by atoms with E-state index in [1.807, 2.05) is 19.1 Å². The summed E-state index contributed by atoms with van der Waals surface area (Å²) in [5.74, 6) is 5.51. The summed E-state index contributed by atoms with van der Waals surface area (Å²) < 4.78 is 5.30. The molecule has 1 atom stereocenters. The van der Waals surface area contributed by atoms with Gasteiger partial charge in [-0.25, -0.2) is 0 Å². The molecule has 1 rings (SSSR count). The van der Waals surface area contributed by atoms with Gasteiger partial charge >= 0.3 is 0 Å². The predicted molar refractivity (Wildman–Crippen MR) is 72.4 cm³/mol. The molecule has 0 heterocycles. The lowest BCUT2D eigenvalue weighted by atomic mass is 10.0. The highest BCUT2D eigenvalue weighted by Gasteiger charge is 2.08. The minimum absolute atomic E-state index is 0.179. The Balaban J connectivity index is 2.51. The number of hydrogen-bond donors (Lipinski definition) is 2. The number of nitrogens with two attached hydrogens (primary N) is 1. The fourth-order valence-electron chi connectivity index (χ4n) is 1.57. The van der Waals surface area contributed by atoms with Crippen LogP contribution in [0.15, 0.2) is 18.2 Å². The van der Waals surface area contributed by atoms with E-state index in [0.29, 0.717) is 16.7 Å². The number of benzene rings is 1. The van der Waals surface area contributed by atoms with Crippen LogP contribution in [0.1, 0.15) is 18.9 Å². The first-order valence-corrected chi connectivity index (χ1v) is 6.40. The van der Waals surface area contributed by atoms with Crippen LogP contribution in [0.4, 0.5) is 0 Å². The molecular weight excluding hydrogens is 259 g/mol. The van der Waals surface area contributed by atoms with Crippen molar-refractivity contribution in [2.24, 2.45) is 5.84 Å². The van der Waals surface area contributed by atoms with Crippen LogP contribution in [0.5, 0.6) is 0 Å². The van der Waals surface area contributed by atoms with Gasteiger partial charge in [0.05, 0.1) is 10.0 Å². The highest BCUT2D eigenvalue weighted by molar-refractivity contribution is 6.42. The normalized spacial score (nSPS) is 12.7. The van der Waals surface area contributed by atoms with Gasteiger partial charge in [0.2, 0.25) is 0 Å². The maximum atomic E-state index is 5.96. The van der Waals surface area contributed by atoms with E-state index >= 15 is 0 Å². The summed E-state index contributed by atoms with van der Waals surface area (Å²) in [5, 5.41) is 1.15. The molecule has 17 heavy (non-hydrogen) atoms. The van der Waals surface area contributed by atoms with Crippen LogP contribution in [0.3, 0.4) is 0 Å². The Labute approximate surface area is 112 Å². The molecule has 96 valence electrons. The van der Waals surface area contributed by atoms with Crippen LogP contribution in [0.25, 0.3) is 0 Å². The second kappa shape index (κ2) is 7.90. The van der Waals surface area contributed by atoms with Gasteiger partial charge in [-0.1, -0.05) is 29.3 Å². The van der Waals surface area contributed by atoms with Crippen molar-refractivity contribution in [2.75, 3.05) is 13.2 Å². The highest BCUT2D eigenvalue weighted by Crippen LogP contribution is 2.23.